The molecular formula is C31H35FN2O3. The zero-order valence-electron chi connectivity index (χ0n) is 21.4. The van der Waals surface area contributed by atoms with Crippen LogP contribution in [0.25, 0.3) is 0 Å². The Morgan fingerprint density at radius 2 is 1.54 bits per heavy atom. The monoisotopic (exact) mass is 502 g/mol. The number of benzene rings is 3. The molecule has 1 unspecified atom stereocenters. The minimum atomic E-state index is -0.694. The molecule has 0 radical (unpaired) electrons. The lowest BCUT2D eigenvalue weighted by atomic mass is 9.94. The van der Waals surface area contributed by atoms with Crippen molar-refractivity contribution in [3.05, 3.63) is 101 Å². The standard InChI is InChI=1S/C31H35FN2O3/c1-37-28-18-14-24(15-19-28)21-30(35)34(22-25-12-16-26(32)17-13-25)29(20-23-8-4-2-5-9-23)31(36)33-27-10-6-3-7-11-27/h2,4-5,8-9,12-19,27,29H,3,6-7,10-11,20-22H2,1H3,(H,33,36). The molecule has 3 aromatic rings. The van der Waals surface area contributed by atoms with E-state index in [1.165, 1.54) is 18.6 Å². The summed E-state index contributed by atoms with van der Waals surface area (Å²) in [5, 5.41) is 3.24. The summed E-state index contributed by atoms with van der Waals surface area (Å²) in [7, 11) is 1.60. The van der Waals surface area contributed by atoms with Crippen molar-refractivity contribution in [2.24, 2.45) is 0 Å². The minimum Gasteiger partial charge on any atom is -0.497 e. The number of rotatable bonds is 10. The largest absolute Gasteiger partial charge is 0.497 e. The van der Waals surface area contributed by atoms with Crippen molar-refractivity contribution in [3.63, 3.8) is 0 Å². The Kier molecular flexibility index (Phi) is 9.30. The molecule has 0 aliphatic heterocycles. The molecule has 0 aromatic heterocycles. The maximum Gasteiger partial charge on any atom is 0.243 e. The van der Waals surface area contributed by atoms with Crippen LogP contribution in [-0.2, 0) is 29.0 Å². The number of nitrogens with zero attached hydrogens (tertiary/aromatic N) is 1. The van der Waals surface area contributed by atoms with Crippen LogP contribution in [0.1, 0.15) is 48.8 Å². The Hall–Kier alpha value is -3.67. The number of hydrogen-bond donors (Lipinski definition) is 1. The molecule has 6 heteroatoms. The maximum atomic E-state index is 13.8. The molecule has 1 N–H and O–H groups in total. The molecule has 0 bridgehead atoms. The highest BCUT2D eigenvalue weighted by atomic mass is 19.1. The van der Waals surface area contributed by atoms with Gasteiger partial charge >= 0.3 is 0 Å². The van der Waals surface area contributed by atoms with Crippen LogP contribution in [0.2, 0.25) is 0 Å². The predicted molar refractivity (Wildman–Crippen MR) is 143 cm³/mol. The molecule has 1 aliphatic rings. The van der Waals surface area contributed by atoms with E-state index in [1.807, 2.05) is 54.6 Å². The van der Waals surface area contributed by atoms with Gasteiger partial charge in [-0.25, -0.2) is 4.39 Å². The second-order valence-corrected chi connectivity index (χ2v) is 9.72. The molecule has 3 aromatic carbocycles. The van der Waals surface area contributed by atoms with Gasteiger partial charge in [-0.2, -0.15) is 0 Å². The third-order valence-electron chi connectivity index (χ3n) is 7.00. The van der Waals surface area contributed by atoms with E-state index in [0.717, 1.165) is 42.4 Å². The molecule has 0 spiro atoms. The fourth-order valence-electron chi connectivity index (χ4n) is 4.90. The first-order valence-corrected chi connectivity index (χ1v) is 13.0. The summed E-state index contributed by atoms with van der Waals surface area (Å²) < 4.78 is 18.9. The molecule has 1 saturated carbocycles. The number of halogens is 1. The average molecular weight is 503 g/mol. The minimum absolute atomic E-state index is 0.129. The third kappa shape index (κ3) is 7.66. The molecule has 0 saturated heterocycles. The van der Waals surface area contributed by atoms with Gasteiger partial charge in [0.2, 0.25) is 11.8 Å². The van der Waals surface area contributed by atoms with Gasteiger partial charge in [-0.15, -0.1) is 0 Å². The quantitative estimate of drug-likeness (QED) is 0.400. The first-order chi connectivity index (χ1) is 18.0. The van der Waals surface area contributed by atoms with E-state index in [-0.39, 0.29) is 36.6 Å². The third-order valence-corrected chi connectivity index (χ3v) is 7.00. The lowest BCUT2D eigenvalue weighted by molar-refractivity contribution is -0.141. The number of hydrogen-bond acceptors (Lipinski definition) is 3. The van der Waals surface area contributed by atoms with Gasteiger partial charge in [0.05, 0.1) is 13.5 Å². The van der Waals surface area contributed by atoms with Gasteiger partial charge in [-0.1, -0.05) is 73.9 Å². The molecule has 37 heavy (non-hydrogen) atoms. The highest BCUT2D eigenvalue weighted by molar-refractivity contribution is 5.89. The lowest BCUT2D eigenvalue weighted by Gasteiger charge is -2.33. The van der Waals surface area contributed by atoms with Crippen molar-refractivity contribution in [2.75, 3.05) is 7.11 Å². The summed E-state index contributed by atoms with van der Waals surface area (Å²) in [6.45, 7) is 0.213. The number of amides is 2. The first-order valence-electron chi connectivity index (χ1n) is 13.0. The van der Waals surface area contributed by atoms with Crippen LogP contribution in [0, 0.1) is 5.82 Å². The highest BCUT2D eigenvalue weighted by Gasteiger charge is 2.32. The van der Waals surface area contributed by atoms with E-state index in [9.17, 15) is 14.0 Å². The smallest absolute Gasteiger partial charge is 0.243 e. The highest BCUT2D eigenvalue weighted by Crippen LogP contribution is 2.21. The van der Waals surface area contributed by atoms with Crippen LogP contribution in [0.4, 0.5) is 4.39 Å². The van der Waals surface area contributed by atoms with Crippen LogP contribution < -0.4 is 10.1 Å². The van der Waals surface area contributed by atoms with Crippen LogP contribution in [0.3, 0.4) is 0 Å². The molecule has 194 valence electrons. The molecular weight excluding hydrogens is 467 g/mol. The fraction of sp³-hybridized carbons (Fsp3) is 0.355. The summed E-state index contributed by atoms with van der Waals surface area (Å²) in [5.74, 6) is 0.0825. The second kappa shape index (κ2) is 13.0. The number of methoxy groups -OCH3 is 1. The number of ether oxygens (including phenoxy) is 1. The zero-order chi connectivity index (χ0) is 26.0. The van der Waals surface area contributed by atoms with Gasteiger partial charge in [0, 0.05) is 19.0 Å². The predicted octanol–water partition coefficient (Wildman–Crippen LogP) is 5.47. The molecule has 4 rings (SSSR count). The van der Waals surface area contributed by atoms with Gasteiger partial charge in [-0.3, -0.25) is 9.59 Å². The summed E-state index contributed by atoms with van der Waals surface area (Å²) in [6.07, 6.45) is 5.86. The maximum absolute atomic E-state index is 13.8. The van der Waals surface area contributed by atoms with Crippen LogP contribution in [0.15, 0.2) is 78.9 Å². The van der Waals surface area contributed by atoms with Gasteiger partial charge in [-0.05, 0) is 53.8 Å². The average Bonchev–Trinajstić information content (AvgIpc) is 2.93. The van der Waals surface area contributed by atoms with Crippen LogP contribution in [0.5, 0.6) is 5.75 Å². The van der Waals surface area contributed by atoms with E-state index in [2.05, 4.69) is 5.32 Å². The van der Waals surface area contributed by atoms with Crippen molar-refractivity contribution in [2.45, 2.75) is 63.6 Å². The molecule has 0 heterocycles. The van der Waals surface area contributed by atoms with Gasteiger partial charge in [0.25, 0.3) is 0 Å². The Balaban J connectivity index is 1.63. The number of carbonyl (C=O) groups excluding carboxylic acids is 2. The van der Waals surface area contributed by atoms with E-state index in [0.29, 0.717) is 12.2 Å². The summed E-state index contributed by atoms with van der Waals surface area (Å²) >= 11 is 0. The Morgan fingerprint density at radius 1 is 0.892 bits per heavy atom. The topological polar surface area (TPSA) is 58.6 Å². The Morgan fingerprint density at radius 3 is 2.19 bits per heavy atom. The lowest BCUT2D eigenvalue weighted by Crippen LogP contribution is -2.53. The van der Waals surface area contributed by atoms with Crippen LogP contribution >= 0.6 is 0 Å². The van der Waals surface area contributed by atoms with Gasteiger partial charge < -0.3 is 15.0 Å². The van der Waals surface area contributed by atoms with E-state index in [1.54, 1.807) is 24.1 Å². The summed E-state index contributed by atoms with van der Waals surface area (Å²) in [5.41, 5.74) is 2.58. The molecule has 1 fully saturated rings. The van der Waals surface area contributed by atoms with E-state index in [4.69, 9.17) is 4.74 Å². The molecule has 5 nitrogen and oxygen atoms in total. The molecule has 1 aliphatic carbocycles. The Bertz CT molecular complexity index is 1140. The van der Waals surface area contributed by atoms with Crippen molar-refractivity contribution in [1.29, 1.82) is 0 Å². The number of carbonyl (C=O) groups is 2. The second-order valence-electron chi connectivity index (χ2n) is 9.72. The van der Waals surface area contributed by atoms with Crippen molar-refractivity contribution in [1.82, 2.24) is 10.2 Å². The van der Waals surface area contributed by atoms with Crippen LogP contribution in [-0.4, -0.2) is 35.9 Å². The SMILES string of the molecule is COc1ccc(CC(=O)N(Cc2ccc(F)cc2)C(Cc2ccccc2)C(=O)NC2CCCCC2)cc1. The fourth-order valence-corrected chi connectivity index (χ4v) is 4.90. The molecule has 1 atom stereocenters. The summed E-state index contributed by atoms with van der Waals surface area (Å²) in [6, 6.07) is 22.7. The Labute approximate surface area is 218 Å². The van der Waals surface area contributed by atoms with E-state index < -0.39 is 6.04 Å². The van der Waals surface area contributed by atoms with Gasteiger partial charge in [0.1, 0.15) is 17.6 Å². The normalized spacial score (nSPS) is 14.5. The van der Waals surface area contributed by atoms with Gasteiger partial charge in [0.15, 0.2) is 0 Å². The van der Waals surface area contributed by atoms with Crippen molar-refractivity contribution in [3.8, 4) is 5.75 Å². The van der Waals surface area contributed by atoms with Crippen molar-refractivity contribution >= 4 is 11.8 Å². The zero-order valence-corrected chi connectivity index (χ0v) is 21.4. The first kappa shape index (κ1) is 26.4. The van der Waals surface area contributed by atoms with Crippen molar-refractivity contribution < 1.29 is 18.7 Å². The number of nitrogens with one attached hydrogen (secondary N) is 1. The summed E-state index contributed by atoms with van der Waals surface area (Å²) in [4.78, 5) is 29.2. The molecule has 2 amide bonds. The van der Waals surface area contributed by atoms with E-state index >= 15 is 0 Å².